The van der Waals surface area contributed by atoms with Crippen molar-refractivity contribution >= 4 is 11.3 Å². The lowest BCUT2D eigenvalue weighted by molar-refractivity contribution is 0.135. The number of hydrogen-bond acceptors (Lipinski definition) is 3. The fraction of sp³-hybridized carbons (Fsp3) is 0.444. The molecule has 1 aliphatic carbocycles. The second-order valence-electron chi connectivity index (χ2n) is 6.30. The van der Waals surface area contributed by atoms with Crippen molar-refractivity contribution in [3.05, 3.63) is 58.3 Å². The predicted octanol–water partition coefficient (Wildman–Crippen LogP) is 3.66. The summed E-state index contributed by atoms with van der Waals surface area (Å²) in [6, 6.07) is 15.4. The zero-order chi connectivity index (χ0) is 14.7. The number of aliphatic hydroxyl groups is 1. The highest BCUT2D eigenvalue weighted by Crippen LogP contribution is 2.33. The van der Waals surface area contributed by atoms with Crippen LogP contribution in [-0.4, -0.2) is 29.2 Å². The lowest BCUT2D eigenvalue weighted by atomic mass is 9.82. The largest absolute Gasteiger partial charge is 0.395 e. The summed E-state index contributed by atoms with van der Waals surface area (Å²) in [5, 5.41) is 12.1. The van der Waals surface area contributed by atoms with Crippen LogP contribution >= 0.6 is 11.3 Å². The van der Waals surface area contributed by atoms with E-state index in [-0.39, 0.29) is 12.0 Å². The van der Waals surface area contributed by atoms with Crippen LogP contribution in [0.15, 0.2) is 47.8 Å². The SMILES string of the molecule is CC(CO)(CN(Cc1cccs1)C1CC1)c1ccccc1. The fourth-order valence-corrected chi connectivity index (χ4v) is 3.61. The van der Waals surface area contributed by atoms with Crippen LogP contribution < -0.4 is 0 Å². The summed E-state index contributed by atoms with van der Waals surface area (Å²) in [7, 11) is 0. The van der Waals surface area contributed by atoms with Crippen molar-refractivity contribution in [1.29, 1.82) is 0 Å². The highest BCUT2D eigenvalue weighted by molar-refractivity contribution is 7.09. The van der Waals surface area contributed by atoms with Crippen molar-refractivity contribution < 1.29 is 5.11 Å². The van der Waals surface area contributed by atoms with Gasteiger partial charge in [-0.05, 0) is 29.9 Å². The van der Waals surface area contributed by atoms with Gasteiger partial charge < -0.3 is 5.11 Å². The standard InChI is InChI=1S/C18H23NOS/c1-18(14-20,15-6-3-2-4-7-15)13-19(16-9-10-16)12-17-8-5-11-21-17/h2-8,11,16,20H,9-10,12-14H2,1H3. The third-order valence-corrected chi connectivity index (χ3v) is 5.24. The molecule has 0 bridgehead atoms. The highest BCUT2D eigenvalue weighted by Gasteiger charge is 2.35. The number of thiophene rings is 1. The Morgan fingerprint density at radius 3 is 2.52 bits per heavy atom. The Balaban J connectivity index is 1.77. The van der Waals surface area contributed by atoms with Gasteiger partial charge in [0, 0.05) is 29.4 Å². The molecule has 0 saturated heterocycles. The third kappa shape index (κ3) is 3.54. The minimum absolute atomic E-state index is 0.185. The number of rotatable bonds is 7. The minimum atomic E-state index is -0.193. The second-order valence-corrected chi connectivity index (χ2v) is 7.33. The van der Waals surface area contributed by atoms with Gasteiger partial charge in [-0.3, -0.25) is 4.90 Å². The number of hydrogen-bond donors (Lipinski definition) is 1. The second kappa shape index (κ2) is 6.30. The first-order chi connectivity index (χ1) is 10.2. The maximum Gasteiger partial charge on any atom is 0.0537 e. The molecule has 1 atom stereocenters. The summed E-state index contributed by atoms with van der Waals surface area (Å²) in [4.78, 5) is 3.96. The molecule has 1 fully saturated rings. The summed E-state index contributed by atoms with van der Waals surface area (Å²) >= 11 is 1.82. The number of nitrogens with zero attached hydrogens (tertiary/aromatic N) is 1. The first-order valence-electron chi connectivity index (χ1n) is 7.64. The topological polar surface area (TPSA) is 23.5 Å². The fourth-order valence-electron chi connectivity index (χ4n) is 2.88. The molecule has 0 spiro atoms. The molecule has 0 radical (unpaired) electrons. The van der Waals surface area contributed by atoms with Crippen LogP contribution in [0.3, 0.4) is 0 Å². The van der Waals surface area contributed by atoms with Crippen LogP contribution in [0.25, 0.3) is 0 Å². The van der Waals surface area contributed by atoms with Crippen LogP contribution in [0.1, 0.15) is 30.2 Å². The van der Waals surface area contributed by atoms with E-state index in [0.717, 1.165) is 13.1 Å². The number of aliphatic hydroxyl groups excluding tert-OH is 1. The molecular formula is C18H23NOS. The van der Waals surface area contributed by atoms with Gasteiger partial charge in [-0.25, -0.2) is 0 Å². The van der Waals surface area contributed by atoms with Crippen LogP contribution in [0, 0.1) is 0 Å². The molecule has 2 aromatic rings. The molecule has 1 aromatic heterocycles. The average Bonchev–Trinajstić information content (AvgIpc) is 3.25. The minimum Gasteiger partial charge on any atom is -0.395 e. The van der Waals surface area contributed by atoms with E-state index in [1.807, 2.05) is 17.4 Å². The molecule has 1 aromatic carbocycles. The average molecular weight is 301 g/mol. The molecule has 1 N–H and O–H groups in total. The zero-order valence-corrected chi connectivity index (χ0v) is 13.4. The monoisotopic (exact) mass is 301 g/mol. The Morgan fingerprint density at radius 2 is 1.95 bits per heavy atom. The van der Waals surface area contributed by atoms with Gasteiger partial charge in [0.15, 0.2) is 0 Å². The normalized spacial score (nSPS) is 17.9. The predicted molar refractivity (Wildman–Crippen MR) is 88.6 cm³/mol. The van der Waals surface area contributed by atoms with Crippen molar-refractivity contribution in [2.75, 3.05) is 13.2 Å². The quantitative estimate of drug-likeness (QED) is 0.843. The van der Waals surface area contributed by atoms with E-state index in [2.05, 4.69) is 53.6 Å². The van der Waals surface area contributed by atoms with Gasteiger partial charge in [-0.1, -0.05) is 43.3 Å². The van der Waals surface area contributed by atoms with E-state index in [1.54, 1.807) is 0 Å². The van der Waals surface area contributed by atoms with E-state index in [9.17, 15) is 5.11 Å². The van der Waals surface area contributed by atoms with Gasteiger partial charge in [0.25, 0.3) is 0 Å². The molecule has 3 rings (SSSR count). The molecule has 3 heteroatoms. The summed E-state index contributed by atoms with van der Waals surface area (Å²) in [6.07, 6.45) is 2.59. The van der Waals surface area contributed by atoms with Gasteiger partial charge in [0.1, 0.15) is 0 Å². The Labute approximate surface area is 131 Å². The van der Waals surface area contributed by atoms with Crippen molar-refractivity contribution in [3.63, 3.8) is 0 Å². The number of benzene rings is 1. The van der Waals surface area contributed by atoms with Crippen molar-refractivity contribution in [3.8, 4) is 0 Å². The molecule has 0 amide bonds. The van der Waals surface area contributed by atoms with E-state index in [4.69, 9.17) is 0 Å². The molecule has 1 aliphatic rings. The van der Waals surface area contributed by atoms with Crippen molar-refractivity contribution in [1.82, 2.24) is 4.90 Å². The molecule has 1 heterocycles. The van der Waals surface area contributed by atoms with Crippen LogP contribution in [0.2, 0.25) is 0 Å². The zero-order valence-electron chi connectivity index (χ0n) is 12.5. The van der Waals surface area contributed by atoms with Gasteiger partial charge >= 0.3 is 0 Å². The molecule has 2 nitrogen and oxygen atoms in total. The molecule has 21 heavy (non-hydrogen) atoms. The first-order valence-corrected chi connectivity index (χ1v) is 8.52. The van der Waals surface area contributed by atoms with Crippen molar-refractivity contribution in [2.45, 2.75) is 37.8 Å². The van der Waals surface area contributed by atoms with Crippen molar-refractivity contribution in [2.24, 2.45) is 0 Å². The molecule has 112 valence electrons. The smallest absolute Gasteiger partial charge is 0.0537 e. The van der Waals surface area contributed by atoms with Gasteiger partial charge in [0.2, 0.25) is 0 Å². The summed E-state index contributed by atoms with van der Waals surface area (Å²) in [6.45, 7) is 4.28. The Bertz CT molecular complexity index is 550. The van der Waals surface area contributed by atoms with Gasteiger partial charge in [-0.15, -0.1) is 11.3 Å². The van der Waals surface area contributed by atoms with Crippen LogP contribution in [0.5, 0.6) is 0 Å². The van der Waals surface area contributed by atoms with E-state index >= 15 is 0 Å². The molecule has 1 unspecified atom stereocenters. The molecule has 1 saturated carbocycles. The highest BCUT2D eigenvalue weighted by atomic mass is 32.1. The Morgan fingerprint density at radius 1 is 1.19 bits per heavy atom. The first kappa shape index (κ1) is 14.8. The lowest BCUT2D eigenvalue weighted by Crippen LogP contribution is -2.42. The summed E-state index contributed by atoms with van der Waals surface area (Å²) in [5.74, 6) is 0. The summed E-state index contributed by atoms with van der Waals surface area (Å²) in [5.41, 5.74) is 1.03. The Hall–Kier alpha value is -1.16. The van der Waals surface area contributed by atoms with Gasteiger partial charge in [0.05, 0.1) is 6.61 Å². The molecule has 0 aliphatic heterocycles. The third-order valence-electron chi connectivity index (χ3n) is 4.37. The van der Waals surface area contributed by atoms with E-state index < -0.39 is 0 Å². The molecular weight excluding hydrogens is 278 g/mol. The lowest BCUT2D eigenvalue weighted by Gasteiger charge is -2.34. The van der Waals surface area contributed by atoms with Gasteiger partial charge in [-0.2, -0.15) is 0 Å². The van der Waals surface area contributed by atoms with E-state index in [1.165, 1.54) is 23.3 Å². The maximum atomic E-state index is 9.99. The van der Waals surface area contributed by atoms with Crippen LogP contribution in [0.4, 0.5) is 0 Å². The van der Waals surface area contributed by atoms with Crippen LogP contribution in [-0.2, 0) is 12.0 Å². The Kier molecular flexibility index (Phi) is 4.43. The maximum absolute atomic E-state index is 9.99. The summed E-state index contributed by atoms with van der Waals surface area (Å²) < 4.78 is 0. The van der Waals surface area contributed by atoms with E-state index in [0.29, 0.717) is 6.04 Å².